The zero-order valence-electron chi connectivity index (χ0n) is 20.3. The number of carbonyl (C=O) groups excluding carboxylic acids is 1. The topological polar surface area (TPSA) is 99.1 Å². The molecule has 1 aromatic carbocycles. The van der Waals surface area contributed by atoms with Crippen molar-refractivity contribution in [2.24, 2.45) is 5.92 Å². The van der Waals surface area contributed by atoms with Gasteiger partial charge in [-0.2, -0.15) is 0 Å². The lowest BCUT2D eigenvalue weighted by molar-refractivity contribution is -0.115. The van der Waals surface area contributed by atoms with Crippen LogP contribution in [0.5, 0.6) is 0 Å². The predicted octanol–water partition coefficient (Wildman–Crippen LogP) is 4.79. The van der Waals surface area contributed by atoms with Crippen LogP contribution >= 0.6 is 11.8 Å². The van der Waals surface area contributed by atoms with E-state index in [0.717, 1.165) is 62.7 Å². The lowest BCUT2D eigenvalue weighted by Gasteiger charge is -2.37. The highest BCUT2D eigenvalue weighted by Gasteiger charge is 2.24. The van der Waals surface area contributed by atoms with Crippen molar-refractivity contribution in [3.63, 3.8) is 0 Å². The van der Waals surface area contributed by atoms with Gasteiger partial charge in [-0.05, 0) is 62.4 Å². The van der Waals surface area contributed by atoms with Gasteiger partial charge in [0.25, 0.3) is 5.91 Å². The Kier molecular flexibility index (Phi) is 8.97. The van der Waals surface area contributed by atoms with Crippen LogP contribution in [0.15, 0.2) is 30.5 Å². The number of para-hydroxylation sites is 1. The van der Waals surface area contributed by atoms with Crippen molar-refractivity contribution < 1.29 is 7.65 Å². The Morgan fingerprint density at radius 2 is 1.82 bits per heavy atom. The number of H-pyrrole nitrogens is 1. The number of hydrogen-bond donors (Lipinski definition) is 4. The normalized spacial score (nSPS) is 15.9. The third kappa shape index (κ3) is 7.08. The van der Waals surface area contributed by atoms with Crippen molar-refractivity contribution >= 4 is 38.8 Å². The van der Waals surface area contributed by atoms with E-state index in [-0.39, 0.29) is 25.0 Å². The fourth-order valence-electron chi connectivity index (χ4n) is 4.23. The molecule has 2 heterocycles. The smallest absolute Gasteiger partial charge is 0.276 e. The number of rotatable bonds is 7. The fraction of sp³-hybridized carbons (Fsp3) is 0.560. The molecule has 1 unspecified atom stereocenters. The third-order valence-electron chi connectivity index (χ3n) is 6.31. The highest BCUT2D eigenvalue weighted by Crippen LogP contribution is 2.21. The summed E-state index contributed by atoms with van der Waals surface area (Å²) in [5, 5.41) is 21.1. The van der Waals surface area contributed by atoms with Crippen LogP contribution in [0.4, 0.5) is 0 Å². The van der Waals surface area contributed by atoms with Crippen LogP contribution in [-0.2, 0) is 11.2 Å². The maximum absolute atomic E-state index is 12.9. The first kappa shape index (κ1) is 25.3. The summed E-state index contributed by atoms with van der Waals surface area (Å²) in [7, 11) is 0. The number of fused-ring (bicyclic) bond motifs is 1. The quantitative estimate of drug-likeness (QED) is 0.342. The predicted molar refractivity (Wildman–Crippen MR) is 144 cm³/mol. The largest absolute Gasteiger partial charge is 0.361 e. The average Bonchev–Trinajstić information content (AvgIpc) is 3.20. The van der Waals surface area contributed by atoms with Gasteiger partial charge < -0.3 is 15.2 Å². The number of nitrogens with zero attached hydrogens (tertiary/aromatic N) is 2. The highest BCUT2D eigenvalue weighted by molar-refractivity contribution is 8.27. The number of amides is 1. The Labute approximate surface area is 204 Å². The Balaban J connectivity index is 0.00000306. The maximum atomic E-state index is 12.9. The number of aromatic nitrogens is 1. The van der Waals surface area contributed by atoms with Crippen LogP contribution in [0, 0.1) is 16.7 Å². The lowest BCUT2D eigenvalue weighted by atomic mass is 9.97. The third-order valence-corrected chi connectivity index (χ3v) is 7.15. The van der Waals surface area contributed by atoms with Crippen LogP contribution in [0.3, 0.4) is 0 Å². The van der Waals surface area contributed by atoms with Gasteiger partial charge in [-0.1, -0.05) is 32.0 Å². The van der Waals surface area contributed by atoms with Gasteiger partial charge in [-0.15, -0.1) is 0 Å². The molecule has 4 N–H and O–H groups in total. The molecule has 1 amide bonds. The van der Waals surface area contributed by atoms with E-state index in [0.29, 0.717) is 12.0 Å². The molecule has 1 saturated heterocycles. The summed E-state index contributed by atoms with van der Waals surface area (Å²) in [5.74, 6) is 0.151. The van der Waals surface area contributed by atoms with Crippen LogP contribution in [0.1, 0.15) is 49.0 Å². The van der Waals surface area contributed by atoms with Crippen molar-refractivity contribution in [3.8, 4) is 0 Å². The van der Waals surface area contributed by atoms with Gasteiger partial charge in [0.2, 0.25) is 0 Å². The molecule has 0 bridgehead atoms. The fourth-order valence-corrected chi connectivity index (χ4v) is 4.88. The van der Waals surface area contributed by atoms with Crippen molar-refractivity contribution in [1.82, 2.24) is 20.1 Å². The average molecular weight is 475 g/mol. The molecule has 0 saturated carbocycles. The number of amidine groups is 1. The number of hydrogen-bond acceptors (Lipinski definition) is 5. The van der Waals surface area contributed by atoms with Gasteiger partial charge >= 0.3 is 0 Å². The number of carbonyl (C=O) groups is 1. The molecular formula is C25H42N6OS. The van der Waals surface area contributed by atoms with Crippen LogP contribution in [0.25, 0.3) is 10.9 Å². The zero-order chi connectivity index (χ0) is 24.0. The molecule has 1 aliphatic rings. The zero-order valence-corrected chi connectivity index (χ0v) is 21.1. The summed E-state index contributed by atoms with van der Waals surface area (Å²) in [6.45, 7) is 12.1. The molecule has 0 aliphatic carbocycles. The first-order valence-electron chi connectivity index (χ1n) is 11.9. The first-order chi connectivity index (χ1) is 15.7. The molecule has 1 fully saturated rings. The van der Waals surface area contributed by atoms with E-state index in [1.54, 1.807) is 0 Å². The van der Waals surface area contributed by atoms with Gasteiger partial charge in [0.1, 0.15) is 0 Å². The standard InChI is InChI=1S/C25H38N6OS.2H2/c1-17(2)9-10-20(15-19-16-28-22-8-6-5-7-21(19)22)29-24(32)23(26)33-25(27)31-13-11-30(12-14-31)18(3)4;;/h5-8,16-18,20,26-28H,9-15H2,1-4H3,(H,29,32);2*1H. The molecule has 1 aromatic heterocycles. The molecule has 8 heteroatoms. The van der Waals surface area contributed by atoms with Crippen LogP contribution in [-0.4, -0.2) is 69.2 Å². The Morgan fingerprint density at radius 3 is 2.48 bits per heavy atom. The molecule has 1 atom stereocenters. The monoisotopic (exact) mass is 474 g/mol. The Morgan fingerprint density at radius 1 is 1.12 bits per heavy atom. The van der Waals surface area contributed by atoms with E-state index in [1.165, 1.54) is 10.9 Å². The number of aromatic amines is 1. The van der Waals surface area contributed by atoms with E-state index in [2.05, 4.69) is 55.0 Å². The molecule has 0 radical (unpaired) electrons. The number of nitrogens with one attached hydrogen (secondary N) is 4. The van der Waals surface area contributed by atoms with Crippen molar-refractivity contribution in [2.75, 3.05) is 26.2 Å². The second-order valence-electron chi connectivity index (χ2n) is 9.56. The summed E-state index contributed by atoms with van der Waals surface area (Å²) in [4.78, 5) is 20.5. The Bertz CT molecular complexity index is 972. The first-order valence-corrected chi connectivity index (χ1v) is 12.8. The van der Waals surface area contributed by atoms with E-state index < -0.39 is 0 Å². The van der Waals surface area contributed by atoms with Crippen LogP contribution < -0.4 is 5.32 Å². The minimum Gasteiger partial charge on any atom is -0.361 e. The summed E-state index contributed by atoms with van der Waals surface area (Å²) >= 11 is 0.957. The van der Waals surface area contributed by atoms with Gasteiger partial charge in [0.05, 0.1) is 0 Å². The Hall–Kier alpha value is -2.32. The number of thioether (sulfide) groups is 1. The highest BCUT2D eigenvalue weighted by atomic mass is 32.2. The van der Waals surface area contributed by atoms with E-state index in [9.17, 15) is 4.79 Å². The minimum atomic E-state index is -0.390. The molecule has 1 aliphatic heterocycles. The summed E-state index contributed by atoms with van der Waals surface area (Å²) in [6, 6.07) is 8.64. The van der Waals surface area contributed by atoms with E-state index >= 15 is 0 Å². The molecule has 3 rings (SSSR count). The van der Waals surface area contributed by atoms with E-state index in [4.69, 9.17) is 10.8 Å². The number of benzene rings is 1. The molecule has 2 aromatic rings. The second-order valence-corrected chi connectivity index (χ2v) is 10.6. The molecular weight excluding hydrogens is 432 g/mol. The SMILES string of the molecule is CC(C)CCC(Cc1c[nH]c2ccccc12)NC(=O)C(=N)SC(=N)N1CCN(C(C)C)CC1.[HH].[HH]. The maximum Gasteiger partial charge on any atom is 0.276 e. The van der Waals surface area contributed by atoms with Gasteiger partial charge in [-0.25, -0.2) is 0 Å². The molecule has 184 valence electrons. The molecule has 33 heavy (non-hydrogen) atoms. The van der Waals surface area contributed by atoms with Crippen molar-refractivity contribution in [3.05, 3.63) is 36.0 Å². The van der Waals surface area contributed by atoms with E-state index in [1.807, 2.05) is 23.2 Å². The minimum absolute atomic E-state index is 0. The summed E-state index contributed by atoms with van der Waals surface area (Å²) in [5.41, 5.74) is 2.27. The van der Waals surface area contributed by atoms with Crippen LogP contribution in [0.2, 0.25) is 0 Å². The van der Waals surface area contributed by atoms with Crippen molar-refractivity contribution in [2.45, 2.75) is 59.0 Å². The number of piperazine rings is 1. The summed E-state index contributed by atoms with van der Waals surface area (Å²) in [6.07, 6.45) is 4.60. The van der Waals surface area contributed by atoms with Crippen molar-refractivity contribution in [1.29, 1.82) is 10.8 Å². The second kappa shape index (κ2) is 11.7. The van der Waals surface area contributed by atoms with Gasteiger partial charge in [-0.3, -0.25) is 20.5 Å². The van der Waals surface area contributed by atoms with Gasteiger partial charge in [0.15, 0.2) is 10.2 Å². The lowest BCUT2D eigenvalue weighted by Crippen LogP contribution is -2.50. The molecule has 7 nitrogen and oxygen atoms in total. The summed E-state index contributed by atoms with van der Waals surface area (Å²) < 4.78 is 0. The van der Waals surface area contributed by atoms with Gasteiger partial charge in [0, 0.05) is 58.2 Å². The molecule has 0 spiro atoms.